The van der Waals surface area contributed by atoms with Crippen molar-refractivity contribution in [2.45, 2.75) is 32.1 Å². The summed E-state index contributed by atoms with van der Waals surface area (Å²) < 4.78 is 0. The minimum atomic E-state index is -0.335. The van der Waals surface area contributed by atoms with Crippen LogP contribution in [-0.2, 0) is 9.63 Å². The molecular weight excluding hydrogens is 142 g/mol. The van der Waals surface area contributed by atoms with Gasteiger partial charge in [-0.15, -0.1) is 0 Å². The quantitative estimate of drug-likeness (QED) is 0.483. The second kappa shape index (κ2) is 4.13. The highest BCUT2D eigenvalue weighted by atomic mass is 16.7. The summed E-state index contributed by atoms with van der Waals surface area (Å²) in [6.45, 7) is 0. The van der Waals surface area contributed by atoms with Crippen molar-refractivity contribution in [2.24, 2.45) is 5.90 Å². The highest BCUT2D eigenvalue weighted by Gasteiger charge is 2.08. The van der Waals surface area contributed by atoms with Crippen molar-refractivity contribution in [1.82, 2.24) is 0 Å². The van der Waals surface area contributed by atoms with Crippen molar-refractivity contribution < 1.29 is 9.63 Å². The van der Waals surface area contributed by atoms with Crippen molar-refractivity contribution in [3.8, 4) is 0 Å². The molecule has 3 heteroatoms. The van der Waals surface area contributed by atoms with Crippen LogP contribution in [0.5, 0.6) is 0 Å². The van der Waals surface area contributed by atoms with Gasteiger partial charge in [0.25, 0.3) is 0 Å². The van der Waals surface area contributed by atoms with Crippen molar-refractivity contribution in [3.63, 3.8) is 0 Å². The molecule has 0 saturated carbocycles. The molecule has 1 rings (SSSR count). The molecule has 1 aliphatic rings. The van der Waals surface area contributed by atoms with Crippen LogP contribution in [0.15, 0.2) is 11.6 Å². The zero-order valence-electron chi connectivity index (χ0n) is 6.51. The van der Waals surface area contributed by atoms with E-state index in [-0.39, 0.29) is 5.97 Å². The first-order chi connectivity index (χ1) is 5.33. The monoisotopic (exact) mass is 155 g/mol. The molecule has 0 bridgehead atoms. The first-order valence-corrected chi connectivity index (χ1v) is 3.90. The number of hydrogen-bond donors (Lipinski definition) is 1. The van der Waals surface area contributed by atoms with Crippen LogP contribution in [0.3, 0.4) is 0 Å². The Labute approximate surface area is 66.2 Å². The number of hydrogen-bond acceptors (Lipinski definition) is 3. The molecular formula is C8H13NO2. The van der Waals surface area contributed by atoms with E-state index in [4.69, 9.17) is 5.90 Å². The molecule has 11 heavy (non-hydrogen) atoms. The summed E-state index contributed by atoms with van der Waals surface area (Å²) in [5, 5.41) is 0. The van der Waals surface area contributed by atoms with Crippen LogP contribution in [0.4, 0.5) is 0 Å². The minimum absolute atomic E-state index is 0.335. The molecule has 0 saturated heterocycles. The van der Waals surface area contributed by atoms with E-state index in [1.807, 2.05) is 0 Å². The van der Waals surface area contributed by atoms with E-state index >= 15 is 0 Å². The van der Waals surface area contributed by atoms with Crippen LogP contribution in [0.25, 0.3) is 0 Å². The molecule has 0 amide bonds. The average molecular weight is 155 g/mol. The van der Waals surface area contributed by atoms with Gasteiger partial charge >= 0.3 is 5.97 Å². The van der Waals surface area contributed by atoms with Gasteiger partial charge in [0, 0.05) is 0 Å². The maximum atomic E-state index is 10.7. The summed E-state index contributed by atoms with van der Waals surface area (Å²) in [7, 11) is 0. The number of allylic oxidation sites excluding steroid dienone is 1. The lowest BCUT2D eigenvalue weighted by Crippen LogP contribution is -2.11. The van der Waals surface area contributed by atoms with Crippen LogP contribution >= 0.6 is 0 Å². The summed E-state index contributed by atoms with van der Waals surface area (Å²) in [4.78, 5) is 14.8. The molecule has 62 valence electrons. The molecule has 0 spiro atoms. The molecule has 0 unspecified atom stereocenters. The van der Waals surface area contributed by atoms with Crippen LogP contribution < -0.4 is 5.90 Å². The third-order valence-corrected chi connectivity index (χ3v) is 1.89. The van der Waals surface area contributed by atoms with Crippen molar-refractivity contribution >= 4 is 5.97 Å². The van der Waals surface area contributed by atoms with Crippen molar-refractivity contribution in [2.75, 3.05) is 0 Å². The normalized spacial score (nSPS) is 17.4. The van der Waals surface area contributed by atoms with E-state index in [9.17, 15) is 4.79 Å². The van der Waals surface area contributed by atoms with E-state index < -0.39 is 0 Å². The maximum Gasteiger partial charge on any atom is 0.328 e. The molecule has 3 nitrogen and oxygen atoms in total. The summed E-state index contributed by atoms with van der Waals surface area (Å²) in [5.74, 6) is 4.38. The highest BCUT2D eigenvalue weighted by Crippen LogP contribution is 2.19. The number of carbonyl (C=O) groups excluding carboxylic acids is 1. The van der Waals surface area contributed by atoms with Gasteiger partial charge in [0.2, 0.25) is 0 Å². The van der Waals surface area contributed by atoms with Gasteiger partial charge in [0.15, 0.2) is 0 Å². The van der Waals surface area contributed by atoms with E-state index in [1.165, 1.54) is 18.4 Å². The summed E-state index contributed by atoms with van der Waals surface area (Å²) >= 11 is 0. The van der Waals surface area contributed by atoms with Crippen molar-refractivity contribution in [1.29, 1.82) is 0 Å². The molecule has 0 atom stereocenters. The van der Waals surface area contributed by atoms with Gasteiger partial charge in [-0.3, -0.25) is 4.79 Å². The second-order valence-corrected chi connectivity index (χ2v) is 2.77. The fraction of sp³-hybridized carbons (Fsp3) is 0.625. The Morgan fingerprint density at radius 2 is 2.45 bits per heavy atom. The lowest BCUT2D eigenvalue weighted by Gasteiger charge is -2.10. The topological polar surface area (TPSA) is 52.3 Å². The van der Waals surface area contributed by atoms with Gasteiger partial charge in [-0.05, 0) is 25.7 Å². The molecule has 0 radical (unpaired) electrons. The van der Waals surface area contributed by atoms with Gasteiger partial charge in [-0.25, -0.2) is 0 Å². The second-order valence-electron chi connectivity index (χ2n) is 2.77. The van der Waals surface area contributed by atoms with E-state index in [2.05, 4.69) is 10.9 Å². The van der Waals surface area contributed by atoms with E-state index in [0.717, 1.165) is 12.8 Å². The predicted molar refractivity (Wildman–Crippen MR) is 41.4 cm³/mol. The Hall–Kier alpha value is -0.830. The largest absolute Gasteiger partial charge is 0.373 e. The lowest BCUT2D eigenvalue weighted by atomic mass is 9.97. The van der Waals surface area contributed by atoms with Crippen molar-refractivity contribution in [3.05, 3.63) is 11.6 Å². The van der Waals surface area contributed by atoms with Crippen LogP contribution in [0.2, 0.25) is 0 Å². The van der Waals surface area contributed by atoms with Gasteiger partial charge in [0.05, 0.1) is 6.42 Å². The summed E-state index contributed by atoms with van der Waals surface area (Å²) in [5.41, 5.74) is 1.17. The van der Waals surface area contributed by atoms with E-state index in [1.54, 1.807) is 0 Å². The SMILES string of the molecule is NOC(=O)CC1=CCCCC1. The smallest absolute Gasteiger partial charge is 0.328 e. The molecule has 0 aromatic carbocycles. The molecule has 2 N–H and O–H groups in total. The minimum Gasteiger partial charge on any atom is -0.373 e. The van der Waals surface area contributed by atoms with Gasteiger partial charge < -0.3 is 4.84 Å². The Kier molecular flexibility index (Phi) is 3.11. The Balaban J connectivity index is 2.35. The first kappa shape index (κ1) is 8.27. The Morgan fingerprint density at radius 3 is 3.00 bits per heavy atom. The Morgan fingerprint density at radius 1 is 1.64 bits per heavy atom. The predicted octanol–water partition coefficient (Wildman–Crippen LogP) is 1.29. The molecule has 0 aromatic heterocycles. The highest BCUT2D eigenvalue weighted by molar-refractivity contribution is 5.72. The first-order valence-electron chi connectivity index (χ1n) is 3.90. The average Bonchev–Trinajstić information content (AvgIpc) is 2.06. The number of nitrogens with two attached hydrogens (primary N) is 1. The van der Waals surface area contributed by atoms with Gasteiger partial charge in [-0.1, -0.05) is 11.6 Å². The molecule has 0 fully saturated rings. The third kappa shape index (κ3) is 2.72. The van der Waals surface area contributed by atoms with Crippen LogP contribution in [-0.4, -0.2) is 5.97 Å². The Bertz CT molecular complexity index is 175. The zero-order chi connectivity index (χ0) is 8.10. The molecule has 1 aliphatic carbocycles. The molecule has 0 aliphatic heterocycles. The number of rotatable bonds is 2. The number of carbonyl (C=O) groups is 1. The van der Waals surface area contributed by atoms with Gasteiger partial charge in [0.1, 0.15) is 0 Å². The third-order valence-electron chi connectivity index (χ3n) is 1.89. The maximum absolute atomic E-state index is 10.7. The fourth-order valence-electron chi connectivity index (χ4n) is 1.29. The fourth-order valence-corrected chi connectivity index (χ4v) is 1.29. The molecule has 0 aromatic rings. The van der Waals surface area contributed by atoms with Gasteiger partial charge in [-0.2, -0.15) is 5.90 Å². The van der Waals surface area contributed by atoms with E-state index in [0.29, 0.717) is 6.42 Å². The summed E-state index contributed by atoms with van der Waals surface area (Å²) in [6, 6.07) is 0. The lowest BCUT2D eigenvalue weighted by molar-refractivity contribution is -0.143. The summed E-state index contributed by atoms with van der Waals surface area (Å²) in [6.07, 6.45) is 7.02. The molecule has 0 heterocycles. The van der Waals surface area contributed by atoms with Crippen LogP contribution in [0, 0.1) is 0 Å². The zero-order valence-corrected chi connectivity index (χ0v) is 6.51. The standard InChI is InChI=1S/C8H13NO2/c9-11-8(10)6-7-4-2-1-3-5-7/h4H,1-3,5-6,9H2. The van der Waals surface area contributed by atoms with Crippen LogP contribution in [0.1, 0.15) is 32.1 Å².